The summed E-state index contributed by atoms with van der Waals surface area (Å²) in [4.78, 5) is 26.4. The third-order valence-electron chi connectivity index (χ3n) is 3.55. The van der Waals surface area contributed by atoms with E-state index in [1.54, 1.807) is 4.90 Å². The number of carboxylic acid groups (broad SMARTS) is 1. The van der Waals surface area contributed by atoms with Gasteiger partial charge in [-0.15, -0.1) is 0 Å². The zero-order valence-corrected chi connectivity index (χ0v) is 11.5. The van der Waals surface area contributed by atoms with Gasteiger partial charge in [-0.2, -0.15) is 0 Å². The number of phenols is 2. The normalized spacial score (nSPS) is 15.9. The van der Waals surface area contributed by atoms with Crippen molar-refractivity contribution < 1.29 is 24.9 Å². The predicted octanol–water partition coefficient (Wildman–Crippen LogP) is 0.330. The number of carboxylic acids is 1. The van der Waals surface area contributed by atoms with Crippen LogP contribution in [0.4, 0.5) is 0 Å². The first-order valence-electron chi connectivity index (χ1n) is 6.73. The molecule has 0 radical (unpaired) electrons. The highest BCUT2D eigenvalue weighted by atomic mass is 16.4. The lowest BCUT2D eigenvalue weighted by molar-refractivity contribution is -0.137. The maximum Gasteiger partial charge on any atom is 0.304 e. The molecule has 7 heteroatoms. The molecule has 3 N–H and O–H groups in total. The molecule has 0 bridgehead atoms. The lowest BCUT2D eigenvalue weighted by Gasteiger charge is -2.34. The van der Waals surface area contributed by atoms with Gasteiger partial charge in [-0.25, -0.2) is 0 Å². The third kappa shape index (κ3) is 3.63. The van der Waals surface area contributed by atoms with Crippen molar-refractivity contribution in [2.24, 2.45) is 0 Å². The first kappa shape index (κ1) is 15.1. The largest absolute Gasteiger partial charge is 0.504 e. The van der Waals surface area contributed by atoms with Crippen LogP contribution in [0.25, 0.3) is 0 Å². The molecular formula is C14H18N2O5. The average molecular weight is 294 g/mol. The van der Waals surface area contributed by atoms with E-state index in [0.29, 0.717) is 32.7 Å². The fraction of sp³-hybridized carbons (Fsp3) is 0.429. The minimum absolute atomic E-state index is 0.0778. The Labute approximate surface area is 122 Å². The molecule has 7 nitrogen and oxygen atoms in total. The number of benzene rings is 1. The number of carbonyl (C=O) groups excluding carboxylic acids is 1. The van der Waals surface area contributed by atoms with Crippen molar-refractivity contribution in [3.63, 3.8) is 0 Å². The number of aromatic hydroxyl groups is 2. The predicted molar refractivity (Wildman–Crippen MR) is 74.4 cm³/mol. The van der Waals surface area contributed by atoms with Crippen LogP contribution in [0.5, 0.6) is 11.5 Å². The van der Waals surface area contributed by atoms with Gasteiger partial charge in [0.15, 0.2) is 11.5 Å². The van der Waals surface area contributed by atoms with E-state index in [9.17, 15) is 19.8 Å². The van der Waals surface area contributed by atoms with Crippen LogP contribution in [0.15, 0.2) is 18.2 Å². The number of piperazine rings is 1. The first-order valence-corrected chi connectivity index (χ1v) is 6.73. The second kappa shape index (κ2) is 6.45. The molecule has 1 aromatic carbocycles. The third-order valence-corrected chi connectivity index (χ3v) is 3.55. The molecule has 1 heterocycles. The van der Waals surface area contributed by atoms with Crippen molar-refractivity contribution in [3.05, 3.63) is 23.8 Å². The summed E-state index contributed by atoms with van der Waals surface area (Å²) >= 11 is 0. The number of amides is 1. The zero-order valence-electron chi connectivity index (χ0n) is 11.5. The lowest BCUT2D eigenvalue weighted by Crippen LogP contribution is -2.49. The molecule has 0 spiro atoms. The minimum Gasteiger partial charge on any atom is -0.504 e. The summed E-state index contributed by atoms with van der Waals surface area (Å²) in [5.74, 6) is -1.89. The van der Waals surface area contributed by atoms with Crippen molar-refractivity contribution in [2.75, 3.05) is 32.7 Å². The zero-order chi connectivity index (χ0) is 15.4. The smallest absolute Gasteiger partial charge is 0.304 e. The van der Waals surface area contributed by atoms with Gasteiger partial charge in [-0.3, -0.25) is 14.5 Å². The SMILES string of the molecule is O=C(O)CCN1CCN(C(=O)c2cccc(O)c2O)CC1. The number of rotatable bonds is 4. The van der Waals surface area contributed by atoms with Crippen molar-refractivity contribution in [1.82, 2.24) is 9.80 Å². The molecule has 0 aliphatic carbocycles. The fourth-order valence-electron chi connectivity index (χ4n) is 2.30. The van der Waals surface area contributed by atoms with Crippen LogP contribution >= 0.6 is 0 Å². The number of aliphatic carboxylic acids is 1. The van der Waals surface area contributed by atoms with Gasteiger partial charge in [0.25, 0.3) is 5.91 Å². The molecule has 114 valence electrons. The van der Waals surface area contributed by atoms with E-state index in [-0.39, 0.29) is 23.6 Å². The van der Waals surface area contributed by atoms with Crippen molar-refractivity contribution in [3.8, 4) is 11.5 Å². The van der Waals surface area contributed by atoms with Crippen molar-refractivity contribution in [2.45, 2.75) is 6.42 Å². The van der Waals surface area contributed by atoms with Crippen LogP contribution in [0.2, 0.25) is 0 Å². The molecule has 0 aromatic heterocycles. The Balaban J connectivity index is 1.94. The van der Waals surface area contributed by atoms with Crippen LogP contribution < -0.4 is 0 Å². The average Bonchev–Trinajstić information content (AvgIpc) is 2.48. The van der Waals surface area contributed by atoms with Crippen LogP contribution in [-0.4, -0.2) is 69.7 Å². The molecule has 21 heavy (non-hydrogen) atoms. The van der Waals surface area contributed by atoms with E-state index in [1.807, 2.05) is 4.90 Å². The summed E-state index contributed by atoms with van der Waals surface area (Å²) < 4.78 is 0. The fourth-order valence-corrected chi connectivity index (χ4v) is 2.30. The topological polar surface area (TPSA) is 101 Å². The van der Waals surface area contributed by atoms with Gasteiger partial charge in [-0.05, 0) is 12.1 Å². The quantitative estimate of drug-likeness (QED) is 0.692. The second-order valence-corrected chi connectivity index (χ2v) is 4.95. The standard InChI is InChI=1S/C14H18N2O5/c17-11-3-1-2-10(13(11)20)14(21)16-8-6-15(7-9-16)5-4-12(18)19/h1-3,17,20H,4-9H2,(H,18,19). The highest BCUT2D eigenvalue weighted by Gasteiger charge is 2.24. The molecule has 1 aliphatic heterocycles. The number of carbonyl (C=O) groups is 2. The van der Waals surface area contributed by atoms with E-state index < -0.39 is 11.7 Å². The minimum atomic E-state index is -0.835. The van der Waals surface area contributed by atoms with Crippen LogP contribution in [0, 0.1) is 0 Å². The molecule has 0 atom stereocenters. The van der Waals surface area contributed by atoms with Gasteiger partial charge in [-0.1, -0.05) is 6.07 Å². The molecule has 1 fully saturated rings. The number of para-hydroxylation sites is 1. The maximum absolute atomic E-state index is 12.3. The maximum atomic E-state index is 12.3. The summed E-state index contributed by atoms with van der Waals surface area (Å²) in [6.07, 6.45) is 0.0846. The molecular weight excluding hydrogens is 276 g/mol. The number of nitrogens with zero attached hydrogens (tertiary/aromatic N) is 2. The highest BCUT2D eigenvalue weighted by molar-refractivity contribution is 5.97. The molecule has 0 unspecified atom stereocenters. The monoisotopic (exact) mass is 294 g/mol. The second-order valence-electron chi connectivity index (χ2n) is 4.95. The van der Waals surface area contributed by atoms with E-state index in [4.69, 9.17) is 5.11 Å². The van der Waals surface area contributed by atoms with Gasteiger partial charge in [0.1, 0.15) is 0 Å². The van der Waals surface area contributed by atoms with Gasteiger partial charge >= 0.3 is 5.97 Å². The van der Waals surface area contributed by atoms with E-state index in [0.717, 1.165) is 0 Å². The Morgan fingerprint density at radius 1 is 1.10 bits per heavy atom. The molecule has 1 amide bonds. The summed E-state index contributed by atoms with van der Waals surface area (Å²) in [5.41, 5.74) is 0.0778. The molecule has 1 saturated heterocycles. The summed E-state index contributed by atoms with van der Waals surface area (Å²) in [6, 6.07) is 4.29. The molecule has 1 aromatic rings. The van der Waals surface area contributed by atoms with Crippen molar-refractivity contribution in [1.29, 1.82) is 0 Å². The number of hydrogen-bond acceptors (Lipinski definition) is 5. The molecule has 0 saturated carbocycles. The Kier molecular flexibility index (Phi) is 4.64. The Morgan fingerprint density at radius 2 is 1.76 bits per heavy atom. The Morgan fingerprint density at radius 3 is 2.38 bits per heavy atom. The van der Waals surface area contributed by atoms with Crippen LogP contribution in [0.1, 0.15) is 16.8 Å². The molecule has 1 aliphatic rings. The summed E-state index contributed by atoms with van der Waals surface area (Å²) in [7, 11) is 0. The molecule has 2 rings (SSSR count). The van der Waals surface area contributed by atoms with Crippen LogP contribution in [0.3, 0.4) is 0 Å². The highest BCUT2D eigenvalue weighted by Crippen LogP contribution is 2.29. The van der Waals surface area contributed by atoms with Gasteiger partial charge < -0.3 is 20.2 Å². The summed E-state index contributed by atoms with van der Waals surface area (Å²) in [6.45, 7) is 2.59. The van der Waals surface area contributed by atoms with Crippen molar-refractivity contribution >= 4 is 11.9 Å². The number of hydrogen-bond donors (Lipinski definition) is 3. The van der Waals surface area contributed by atoms with E-state index >= 15 is 0 Å². The number of phenolic OH excluding ortho intramolecular Hbond substituents is 2. The van der Waals surface area contributed by atoms with Gasteiger partial charge in [0.05, 0.1) is 12.0 Å². The lowest BCUT2D eigenvalue weighted by atomic mass is 10.1. The van der Waals surface area contributed by atoms with E-state index in [2.05, 4.69) is 0 Å². The summed E-state index contributed by atoms with van der Waals surface area (Å²) in [5, 5.41) is 27.8. The Bertz CT molecular complexity index is 538. The first-order chi connectivity index (χ1) is 9.99. The van der Waals surface area contributed by atoms with E-state index in [1.165, 1.54) is 18.2 Å². The Hall–Kier alpha value is -2.28. The van der Waals surface area contributed by atoms with Gasteiger partial charge in [0.2, 0.25) is 0 Å². The van der Waals surface area contributed by atoms with Gasteiger partial charge in [0, 0.05) is 32.7 Å². The van der Waals surface area contributed by atoms with Crippen LogP contribution in [-0.2, 0) is 4.79 Å².